The first-order chi connectivity index (χ1) is 10.6. The third kappa shape index (κ3) is 3.14. The lowest BCUT2D eigenvalue weighted by atomic mass is 9.97. The van der Waals surface area contributed by atoms with Crippen LogP contribution in [0.15, 0.2) is 29.6 Å². The first-order valence-corrected chi connectivity index (χ1v) is 7.35. The fourth-order valence-electron chi connectivity index (χ4n) is 2.85. The van der Waals surface area contributed by atoms with Gasteiger partial charge in [-0.05, 0) is 24.1 Å². The van der Waals surface area contributed by atoms with Crippen LogP contribution in [0.1, 0.15) is 18.4 Å². The van der Waals surface area contributed by atoms with E-state index in [2.05, 4.69) is 15.5 Å². The molecule has 7 heteroatoms. The molecule has 0 bridgehead atoms. The van der Waals surface area contributed by atoms with Crippen molar-refractivity contribution in [2.24, 2.45) is 11.0 Å². The Morgan fingerprint density at radius 1 is 1.32 bits per heavy atom. The van der Waals surface area contributed by atoms with Gasteiger partial charge in [-0.25, -0.2) is 5.43 Å². The first-order valence-electron chi connectivity index (χ1n) is 7.35. The smallest absolute Gasteiger partial charge is 0.270 e. The lowest BCUT2D eigenvalue weighted by molar-refractivity contribution is -0.124. The molecule has 2 aliphatic heterocycles. The summed E-state index contributed by atoms with van der Waals surface area (Å²) in [6.45, 7) is 0.802. The predicted molar refractivity (Wildman–Crippen MR) is 78.8 cm³/mol. The van der Waals surface area contributed by atoms with E-state index in [1.807, 2.05) is 12.1 Å². The van der Waals surface area contributed by atoms with Crippen molar-refractivity contribution in [3.63, 3.8) is 0 Å². The normalized spacial score (nSPS) is 24.9. The molecule has 2 N–H and O–H groups in total. The molecule has 0 radical (unpaired) electrons. The Kier molecular flexibility index (Phi) is 4.15. The molecule has 1 fully saturated rings. The zero-order valence-corrected chi connectivity index (χ0v) is 12.1. The maximum Gasteiger partial charge on any atom is 0.270 e. The van der Waals surface area contributed by atoms with Gasteiger partial charge in [-0.3, -0.25) is 14.6 Å². The fraction of sp³-hybridized carbons (Fsp3) is 0.467. The lowest BCUT2D eigenvalue weighted by Gasteiger charge is -2.19. The number of carbonyl (C=O) groups is 2. The van der Waals surface area contributed by atoms with Gasteiger partial charge in [-0.15, -0.1) is 0 Å². The standard InChI is InChI=1S/C15H18N4O3/c20-13-9-19(15(22)12-1-2-14(21)18-17-12)8-11(13)7-10-3-5-16-6-4-10/h3-6,11,13,20H,1-2,7-9H2,(H,18,21)/t11-,13+/m1/s1. The summed E-state index contributed by atoms with van der Waals surface area (Å²) in [5.74, 6) is -0.366. The van der Waals surface area contributed by atoms with Crippen LogP contribution < -0.4 is 5.43 Å². The Bertz CT molecular complexity index is 602. The summed E-state index contributed by atoms with van der Waals surface area (Å²) in [6, 6.07) is 3.83. The molecule has 0 aliphatic carbocycles. The van der Waals surface area contributed by atoms with Crippen LogP contribution in [-0.2, 0) is 16.0 Å². The van der Waals surface area contributed by atoms with Crippen LogP contribution in [0.4, 0.5) is 0 Å². The van der Waals surface area contributed by atoms with Gasteiger partial charge in [-0.1, -0.05) is 0 Å². The minimum absolute atomic E-state index is 0.00475. The van der Waals surface area contributed by atoms with E-state index >= 15 is 0 Å². The third-order valence-corrected chi connectivity index (χ3v) is 4.09. The van der Waals surface area contributed by atoms with Crippen molar-refractivity contribution < 1.29 is 14.7 Å². The van der Waals surface area contributed by atoms with Gasteiger partial charge < -0.3 is 10.0 Å². The van der Waals surface area contributed by atoms with E-state index in [4.69, 9.17) is 0 Å². The number of β-amino-alcohol motifs (C(OH)–C–C–N with tert-alkyl or cyclic N) is 1. The molecule has 22 heavy (non-hydrogen) atoms. The molecule has 116 valence electrons. The Labute approximate surface area is 128 Å². The van der Waals surface area contributed by atoms with Crippen LogP contribution in [-0.4, -0.2) is 51.7 Å². The number of pyridine rings is 1. The molecule has 0 aromatic carbocycles. The maximum absolute atomic E-state index is 12.4. The Morgan fingerprint density at radius 3 is 2.77 bits per heavy atom. The van der Waals surface area contributed by atoms with Gasteiger partial charge in [0.25, 0.3) is 5.91 Å². The van der Waals surface area contributed by atoms with Crippen molar-refractivity contribution in [1.29, 1.82) is 0 Å². The molecular weight excluding hydrogens is 284 g/mol. The van der Waals surface area contributed by atoms with Crippen molar-refractivity contribution in [2.45, 2.75) is 25.4 Å². The summed E-state index contributed by atoms with van der Waals surface area (Å²) >= 11 is 0. The monoisotopic (exact) mass is 302 g/mol. The van der Waals surface area contributed by atoms with E-state index in [-0.39, 0.29) is 24.2 Å². The van der Waals surface area contributed by atoms with E-state index < -0.39 is 6.10 Å². The molecule has 7 nitrogen and oxygen atoms in total. The number of hydrogen-bond acceptors (Lipinski definition) is 5. The SMILES string of the molecule is O=C1CCC(C(=O)N2C[C@@H](Cc3ccncc3)[C@@H](O)C2)=NN1. The Hall–Kier alpha value is -2.28. The van der Waals surface area contributed by atoms with Crippen LogP contribution in [0.2, 0.25) is 0 Å². The van der Waals surface area contributed by atoms with Crippen LogP contribution in [0.5, 0.6) is 0 Å². The van der Waals surface area contributed by atoms with Gasteiger partial charge in [0.05, 0.1) is 6.10 Å². The van der Waals surface area contributed by atoms with Crippen molar-refractivity contribution in [1.82, 2.24) is 15.3 Å². The molecule has 2 amide bonds. The van der Waals surface area contributed by atoms with E-state index in [9.17, 15) is 14.7 Å². The number of carbonyl (C=O) groups excluding carboxylic acids is 2. The number of nitrogens with zero attached hydrogens (tertiary/aromatic N) is 3. The molecule has 1 saturated heterocycles. The van der Waals surface area contributed by atoms with Crippen LogP contribution in [0.3, 0.4) is 0 Å². The number of aromatic nitrogens is 1. The number of rotatable bonds is 3. The number of amides is 2. The third-order valence-electron chi connectivity index (χ3n) is 4.09. The highest BCUT2D eigenvalue weighted by atomic mass is 16.3. The number of aliphatic hydroxyl groups excluding tert-OH is 1. The Balaban J connectivity index is 1.63. The van der Waals surface area contributed by atoms with E-state index in [1.54, 1.807) is 17.3 Å². The molecule has 2 aliphatic rings. The predicted octanol–water partition coefficient (Wildman–Crippen LogP) is -0.291. The highest BCUT2D eigenvalue weighted by molar-refractivity contribution is 6.39. The average molecular weight is 302 g/mol. The molecule has 0 saturated carbocycles. The number of hydrazone groups is 1. The van der Waals surface area contributed by atoms with Gasteiger partial charge in [0, 0.05) is 44.2 Å². The summed E-state index contributed by atoms with van der Waals surface area (Å²) < 4.78 is 0. The average Bonchev–Trinajstić information content (AvgIpc) is 2.89. The molecule has 1 aromatic heterocycles. The quantitative estimate of drug-likeness (QED) is 0.802. The van der Waals surface area contributed by atoms with E-state index in [0.29, 0.717) is 31.6 Å². The lowest BCUT2D eigenvalue weighted by Crippen LogP contribution is -2.39. The van der Waals surface area contributed by atoms with Crippen molar-refractivity contribution in [2.75, 3.05) is 13.1 Å². The second-order valence-corrected chi connectivity index (χ2v) is 5.69. The summed E-state index contributed by atoms with van der Waals surface area (Å²) in [5.41, 5.74) is 3.78. The highest BCUT2D eigenvalue weighted by Crippen LogP contribution is 2.22. The summed E-state index contributed by atoms with van der Waals surface area (Å²) in [7, 11) is 0. The largest absolute Gasteiger partial charge is 0.391 e. The van der Waals surface area contributed by atoms with Crippen LogP contribution >= 0.6 is 0 Å². The van der Waals surface area contributed by atoms with E-state index in [1.165, 1.54) is 0 Å². The minimum Gasteiger partial charge on any atom is -0.391 e. The van der Waals surface area contributed by atoms with Crippen molar-refractivity contribution >= 4 is 17.5 Å². The molecule has 3 rings (SSSR count). The molecule has 0 unspecified atom stereocenters. The molecule has 1 aromatic rings. The first kappa shape index (κ1) is 14.6. The van der Waals surface area contributed by atoms with Gasteiger partial charge in [0.15, 0.2) is 0 Å². The van der Waals surface area contributed by atoms with Crippen molar-refractivity contribution in [3.05, 3.63) is 30.1 Å². The summed E-state index contributed by atoms with van der Waals surface area (Å²) in [5, 5.41) is 14.0. The molecule has 0 spiro atoms. The topological polar surface area (TPSA) is 94.9 Å². The van der Waals surface area contributed by atoms with Gasteiger partial charge in [0.1, 0.15) is 5.71 Å². The molecule has 2 atom stereocenters. The second-order valence-electron chi connectivity index (χ2n) is 5.69. The van der Waals surface area contributed by atoms with E-state index in [0.717, 1.165) is 5.56 Å². The minimum atomic E-state index is -0.545. The maximum atomic E-state index is 12.4. The summed E-state index contributed by atoms with van der Waals surface area (Å²) in [6.07, 6.45) is 4.23. The van der Waals surface area contributed by atoms with Gasteiger partial charge in [-0.2, -0.15) is 5.10 Å². The number of aliphatic hydroxyl groups is 1. The van der Waals surface area contributed by atoms with Crippen LogP contribution in [0.25, 0.3) is 0 Å². The van der Waals surface area contributed by atoms with Crippen molar-refractivity contribution in [3.8, 4) is 0 Å². The highest BCUT2D eigenvalue weighted by Gasteiger charge is 2.36. The molecular formula is C15H18N4O3. The molecule has 3 heterocycles. The zero-order valence-electron chi connectivity index (χ0n) is 12.1. The number of hydrogen-bond donors (Lipinski definition) is 2. The second kappa shape index (κ2) is 6.23. The zero-order chi connectivity index (χ0) is 15.5. The summed E-state index contributed by atoms with van der Waals surface area (Å²) in [4.78, 5) is 29.0. The van der Waals surface area contributed by atoms with Gasteiger partial charge >= 0.3 is 0 Å². The van der Waals surface area contributed by atoms with Gasteiger partial charge in [0.2, 0.25) is 5.91 Å². The number of nitrogens with one attached hydrogen (secondary N) is 1. The fourth-order valence-corrected chi connectivity index (χ4v) is 2.85. The Morgan fingerprint density at radius 2 is 2.09 bits per heavy atom. The van der Waals surface area contributed by atoms with Crippen LogP contribution in [0, 0.1) is 5.92 Å². The number of likely N-dealkylation sites (tertiary alicyclic amines) is 1.